The summed E-state index contributed by atoms with van der Waals surface area (Å²) in [5.41, 5.74) is 0.449. The number of aldehydes is 1. The highest BCUT2D eigenvalue weighted by molar-refractivity contribution is 7.95. The van der Waals surface area contributed by atoms with Crippen LogP contribution in [0.25, 0.3) is 0 Å². The summed E-state index contributed by atoms with van der Waals surface area (Å²) in [4.78, 5) is 10.4. The maximum atomic E-state index is 11.5. The number of benzene rings is 1. The molecule has 0 bridgehead atoms. The summed E-state index contributed by atoms with van der Waals surface area (Å²) < 4.78 is 24.1. The molecule has 0 radical (unpaired) electrons. The molecule has 4 nitrogen and oxygen atoms in total. The van der Waals surface area contributed by atoms with Gasteiger partial charge in [-0.05, 0) is 12.1 Å². The Morgan fingerprint density at radius 1 is 1.27 bits per heavy atom. The van der Waals surface area contributed by atoms with E-state index in [1.165, 1.54) is 0 Å². The third kappa shape index (κ3) is 2.66. The quantitative estimate of drug-likeness (QED) is 0.707. The van der Waals surface area contributed by atoms with Gasteiger partial charge in [0.25, 0.3) is 10.0 Å². The van der Waals surface area contributed by atoms with E-state index in [0.29, 0.717) is 12.0 Å². The molecule has 0 spiro atoms. The van der Waals surface area contributed by atoms with E-state index < -0.39 is 10.0 Å². The Morgan fingerprint density at radius 3 is 2.33 bits per heavy atom. The van der Waals surface area contributed by atoms with Gasteiger partial charge in [-0.1, -0.05) is 24.8 Å². The fourth-order valence-electron chi connectivity index (χ4n) is 1.11. The molecule has 0 aliphatic rings. The second kappa shape index (κ2) is 4.75. The third-order valence-corrected chi connectivity index (χ3v) is 3.20. The Kier molecular flexibility index (Phi) is 3.62. The number of carbonyl (C=O) groups excluding carboxylic acids is 1. The Labute approximate surface area is 88.9 Å². The van der Waals surface area contributed by atoms with Crippen LogP contribution < -0.4 is 4.31 Å². The van der Waals surface area contributed by atoms with Crippen molar-refractivity contribution in [1.29, 1.82) is 0 Å². The predicted octanol–water partition coefficient (Wildman–Crippen LogP) is 1.17. The molecule has 5 heteroatoms. The van der Waals surface area contributed by atoms with Crippen LogP contribution in [-0.2, 0) is 14.8 Å². The van der Waals surface area contributed by atoms with E-state index in [4.69, 9.17) is 0 Å². The smallest absolute Gasteiger partial charge is 0.257 e. The van der Waals surface area contributed by atoms with E-state index in [-0.39, 0.29) is 6.54 Å². The van der Waals surface area contributed by atoms with E-state index in [9.17, 15) is 13.2 Å². The van der Waals surface area contributed by atoms with Crippen LogP contribution in [0.2, 0.25) is 0 Å². The molecule has 0 saturated heterocycles. The van der Waals surface area contributed by atoms with Gasteiger partial charge in [-0.2, -0.15) is 0 Å². The minimum atomic E-state index is -3.61. The fraction of sp³-hybridized carbons (Fsp3) is 0.100. The van der Waals surface area contributed by atoms with Crippen molar-refractivity contribution in [2.75, 3.05) is 10.8 Å². The molecule has 1 aromatic carbocycles. The van der Waals surface area contributed by atoms with Crippen LogP contribution in [0.4, 0.5) is 5.69 Å². The average molecular weight is 225 g/mol. The Morgan fingerprint density at radius 2 is 1.87 bits per heavy atom. The van der Waals surface area contributed by atoms with Crippen molar-refractivity contribution >= 4 is 22.0 Å². The molecule has 0 aromatic heterocycles. The van der Waals surface area contributed by atoms with Crippen molar-refractivity contribution in [2.45, 2.75) is 0 Å². The van der Waals surface area contributed by atoms with Gasteiger partial charge in [0, 0.05) is 5.41 Å². The van der Waals surface area contributed by atoms with Gasteiger partial charge >= 0.3 is 0 Å². The van der Waals surface area contributed by atoms with Crippen LogP contribution in [0.1, 0.15) is 0 Å². The highest BCUT2D eigenvalue weighted by Crippen LogP contribution is 2.17. The molecule has 80 valence electrons. The van der Waals surface area contributed by atoms with E-state index in [0.717, 1.165) is 9.71 Å². The van der Waals surface area contributed by atoms with Gasteiger partial charge in [0.05, 0.1) is 12.2 Å². The summed E-state index contributed by atoms with van der Waals surface area (Å²) in [5.74, 6) is 0. The number of nitrogens with zero attached hydrogens (tertiary/aromatic N) is 1. The van der Waals surface area contributed by atoms with Crippen LogP contribution in [0.15, 0.2) is 42.3 Å². The van der Waals surface area contributed by atoms with Gasteiger partial charge in [0.1, 0.15) is 6.29 Å². The molecule has 15 heavy (non-hydrogen) atoms. The molecular weight excluding hydrogens is 214 g/mol. The highest BCUT2D eigenvalue weighted by Gasteiger charge is 2.17. The van der Waals surface area contributed by atoms with Crippen LogP contribution in [0, 0.1) is 0 Å². The maximum Gasteiger partial charge on any atom is 0.257 e. The van der Waals surface area contributed by atoms with Crippen molar-refractivity contribution in [1.82, 2.24) is 0 Å². The molecular formula is C10H11NO3S. The molecule has 0 unspecified atom stereocenters. The van der Waals surface area contributed by atoms with Gasteiger partial charge in [-0.15, -0.1) is 0 Å². The first-order valence-electron chi connectivity index (χ1n) is 4.25. The molecule has 0 N–H and O–H groups in total. The average Bonchev–Trinajstić information content (AvgIpc) is 2.27. The molecule has 0 aliphatic carbocycles. The lowest BCUT2D eigenvalue weighted by molar-refractivity contribution is -0.106. The van der Waals surface area contributed by atoms with Gasteiger partial charge in [0.2, 0.25) is 0 Å². The van der Waals surface area contributed by atoms with Crippen LogP contribution >= 0.6 is 0 Å². The lowest BCUT2D eigenvalue weighted by atomic mass is 10.3. The highest BCUT2D eigenvalue weighted by atomic mass is 32.2. The normalized spacial score (nSPS) is 10.7. The summed E-state index contributed by atoms with van der Waals surface area (Å²) in [7, 11) is -3.61. The minimum absolute atomic E-state index is 0.210. The molecule has 0 fully saturated rings. The van der Waals surface area contributed by atoms with Crippen LogP contribution in [-0.4, -0.2) is 21.2 Å². The largest absolute Gasteiger partial charge is 0.301 e. The van der Waals surface area contributed by atoms with Crippen molar-refractivity contribution in [3.05, 3.63) is 42.3 Å². The summed E-state index contributed by atoms with van der Waals surface area (Å²) >= 11 is 0. The Balaban J connectivity index is 3.15. The minimum Gasteiger partial charge on any atom is -0.301 e. The summed E-state index contributed by atoms with van der Waals surface area (Å²) in [6.07, 6.45) is 0.536. The first-order chi connectivity index (χ1) is 7.11. The number of anilines is 1. The second-order valence-corrected chi connectivity index (χ2v) is 4.55. The molecule has 0 atom stereocenters. The first-order valence-corrected chi connectivity index (χ1v) is 5.76. The van der Waals surface area contributed by atoms with Crippen molar-refractivity contribution in [3.63, 3.8) is 0 Å². The summed E-state index contributed by atoms with van der Waals surface area (Å²) in [6.45, 7) is 3.01. The molecule has 1 aromatic rings. The van der Waals surface area contributed by atoms with E-state index >= 15 is 0 Å². The van der Waals surface area contributed by atoms with E-state index in [2.05, 4.69) is 6.58 Å². The molecule has 1 rings (SSSR count). The van der Waals surface area contributed by atoms with E-state index in [1.54, 1.807) is 30.3 Å². The number of rotatable bonds is 5. The standard InChI is InChI=1S/C10H11NO3S/c1-2-15(13,14)11(8-9-12)10-6-4-3-5-7-10/h2-7,9H,1,8H2. The monoisotopic (exact) mass is 225 g/mol. The maximum absolute atomic E-state index is 11.5. The summed E-state index contributed by atoms with van der Waals surface area (Å²) in [5, 5.41) is 0.823. The lowest BCUT2D eigenvalue weighted by Gasteiger charge is -2.19. The number of carbonyl (C=O) groups is 1. The van der Waals surface area contributed by atoms with Crippen molar-refractivity contribution in [2.24, 2.45) is 0 Å². The van der Waals surface area contributed by atoms with Crippen LogP contribution in [0.3, 0.4) is 0 Å². The van der Waals surface area contributed by atoms with Gasteiger partial charge in [0.15, 0.2) is 0 Å². The molecule has 0 saturated carbocycles. The lowest BCUT2D eigenvalue weighted by Crippen LogP contribution is -2.30. The second-order valence-electron chi connectivity index (χ2n) is 2.74. The zero-order valence-corrected chi connectivity index (χ0v) is 8.85. The first kappa shape index (κ1) is 11.5. The predicted molar refractivity (Wildman–Crippen MR) is 59.0 cm³/mol. The third-order valence-electron chi connectivity index (χ3n) is 1.80. The number of hydrogen-bond donors (Lipinski definition) is 0. The van der Waals surface area contributed by atoms with Gasteiger partial charge < -0.3 is 4.79 Å². The van der Waals surface area contributed by atoms with Crippen LogP contribution in [0.5, 0.6) is 0 Å². The Bertz CT molecular complexity index is 439. The fourth-order valence-corrected chi connectivity index (χ4v) is 1.97. The Hall–Kier alpha value is -1.62. The van der Waals surface area contributed by atoms with Gasteiger partial charge in [-0.25, -0.2) is 8.42 Å². The molecule has 0 heterocycles. The van der Waals surface area contributed by atoms with Gasteiger partial charge in [-0.3, -0.25) is 4.31 Å². The number of para-hydroxylation sites is 1. The topological polar surface area (TPSA) is 54.5 Å². The molecule has 0 aliphatic heterocycles. The number of sulfonamides is 1. The van der Waals surface area contributed by atoms with Crippen molar-refractivity contribution < 1.29 is 13.2 Å². The zero-order chi connectivity index (χ0) is 11.3. The number of hydrogen-bond acceptors (Lipinski definition) is 3. The zero-order valence-electron chi connectivity index (χ0n) is 8.04. The van der Waals surface area contributed by atoms with E-state index in [1.807, 2.05) is 0 Å². The van der Waals surface area contributed by atoms with Crippen molar-refractivity contribution in [3.8, 4) is 0 Å². The summed E-state index contributed by atoms with van der Waals surface area (Å²) in [6, 6.07) is 8.40. The molecule has 0 amide bonds. The SMILES string of the molecule is C=CS(=O)(=O)N(CC=O)c1ccccc1.